The van der Waals surface area contributed by atoms with E-state index in [0.717, 1.165) is 17.7 Å². The smallest absolute Gasteiger partial charge is 0.382 e. The van der Waals surface area contributed by atoms with Gasteiger partial charge < -0.3 is 15.0 Å². The molecular weight excluding hydrogens is 336 g/mol. The van der Waals surface area contributed by atoms with Crippen LogP contribution in [0.2, 0.25) is 0 Å². The van der Waals surface area contributed by atoms with Crippen LogP contribution in [-0.4, -0.2) is 38.0 Å². The zero-order valence-corrected chi connectivity index (χ0v) is 13.9. The minimum absolute atomic E-state index is 0.132. The van der Waals surface area contributed by atoms with Crippen LogP contribution in [-0.2, 0) is 11.2 Å². The Morgan fingerprint density at radius 2 is 2.00 bits per heavy atom. The van der Waals surface area contributed by atoms with E-state index in [1.807, 2.05) is 0 Å². The molecule has 1 atom stereocenters. The SMILES string of the molecule is CC#CC1Cc2c(NC3CCOCC3)cc(F)cc2N1CC(F)(F)F. The average molecular weight is 356 g/mol. The Balaban J connectivity index is 1.93. The molecular formula is C18H20F4N2O. The molecule has 2 heterocycles. The number of anilines is 2. The maximum absolute atomic E-state index is 14.1. The number of nitrogens with one attached hydrogen (secondary N) is 1. The number of nitrogens with zero attached hydrogens (tertiary/aromatic N) is 1. The van der Waals surface area contributed by atoms with Crippen LogP contribution in [0.3, 0.4) is 0 Å². The molecule has 0 amide bonds. The summed E-state index contributed by atoms with van der Waals surface area (Å²) in [7, 11) is 0. The Bertz CT molecular complexity index is 687. The summed E-state index contributed by atoms with van der Waals surface area (Å²) in [6, 6.07) is 2.07. The van der Waals surface area contributed by atoms with Crippen LogP contribution < -0.4 is 10.2 Å². The molecule has 136 valence electrons. The highest BCUT2D eigenvalue weighted by Gasteiger charge is 2.39. The molecule has 0 radical (unpaired) electrons. The van der Waals surface area contributed by atoms with E-state index in [1.54, 1.807) is 6.92 Å². The normalized spacial score (nSPS) is 20.8. The number of hydrogen-bond acceptors (Lipinski definition) is 3. The third-order valence-electron chi connectivity index (χ3n) is 4.52. The van der Waals surface area contributed by atoms with Gasteiger partial charge in [-0.15, -0.1) is 5.92 Å². The fraction of sp³-hybridized carbons (Fsp3) is 0.556. The summed E-state index contributed by atoms with van der Waals surface area (Å²) >= 11 is 0. The van der Waals surface area contributed by atoms with Crippen molar-refractivity contribution < 1.29 is 22.3 Å². The average Bonchev–Trinajstić information content (AvgIpc) is 2.85. The first kappa shape index (κ1) is 17.9. The lowest BCUT2D eigenvalue weighted by atomic mass is 10.0. The number of ether oxygens (including phenoxy) is 1. The van der Waals surface area contributed by atoms with Crippen molar-refractivity contribution in [2.45, 2.75) is 44.4 Å². The molecule has 0 aromatic heterocycles. The zero-order chi connectivity index (χ0) is 18.0. The highest BCUT2D eigenvalue weighted by atomic mass is 19.4. The van der Waals surface area contributed by atoms with E-state index in [0.29, 0.717) is 30.9 Å². The third kappa shape index (κ3) is 4.18. The minimum Gasteiger partial charge on any atom is -0.382 e. The Labute approximate surface area is 144 Å². The van der Waals surface area contributed by atoms with Gasteiger partial charge in [0, 0.05) is 42.6 Å². The summed E-state index contributed by atoms with van der Waals surface area (Å²) in [6.07, 6.45) is -2.46. The number of alkyl halides is 3. The summed E-state index contributed by atoms with van der Waals surface area (Å²) in [5.74, 6) is 4.96. The van der Waals surface area contributed by atoms with Crippen molar-refractivity contribution in [2.24, 2.45) is 0 Å². The van der Waals surface area contributed by atoms with Crippen molar-refractivity contribution >= 4 is 11.4 Å². The molecule has 1 fully saturated rings. The second-order valence-electron chi connectivity index (χ2n) is 6.34. The van der Waals surface area contributed by atoms with E-state index in [4.69, 9.17) is 4.74 Å². The van der Waals surface area contributed by atoms with Gasteiger partial charge in [-0.2, -0.15) is 13.2 Å². The van der Waals surface area contributed by atoms with Crippen molar-refractivity contribution in [2.75, 3.05) is 30.0 Å². The molecule has 0 saturated carbocycles. The molecule has 3 rings (SSSR count). The fourth-order valence-electron chi connectivity index (χ4n) is 3.44. The largest absolute Gasteiger partial charge is 0.405 e. The quantitative estimate of drug-likeness (QED) is 0.660. The van der Waals surface area contributed by atoms with Gasteiger partial charge in [0.05, 0.1) is 6.04 Å². The highest BCUT2D eigenvalue weighted by Crippen LogP contribution is 2.40. The van der Waals surface area contributed by atoms with Crippen molar-refractivity contribution in [3.63, 3.8) is 0 Å². The van der Waals surface area contributed by atoms with Gasteiger partial charge in [-0.3, -0.25) is 0 Å². The summed E-state index contributed by atoms with van der Waals surface area (Å²) in [6.45, 7) is 1.70. The predicted octanol–water partition coefficient (Wildman–Crippen LogP) is 3.73. The van der Waals surface area contributed by atoms with E-state index >= 15 is 0 Å². The van der Waals surface area contributed by atoms with Crippen molar-refractivity contribution in [3.8, 4) is 11.8 Å². The van der Waals surface area contributed by atoms with Crippen molar-refractivity contribution in [1.82, 2.24) is 0 Å². The summed E-state index contributed by atoms with van der Waals surface area (Å²) in [5.41, 5.74) is 1.54. The van der Waals surface area contributed by atoms with Gasteiger partial charge in [0.15, 0.2) is 0 Å². The first-order valence-electron chi connectivity index (χ1n) is 8.30. The van der Waals surface area contributed by atoms with Crippen LogP contribution in [0.15, 0.2) is 12.1 Å². The molecule has 2 aliphatic rings. The first-order chi connectivity index (χ1) is 11.9. The molecule has 7 heteroatoms. The lowest BCUT2D eigenvalue weighted by molar-refractivity contribution is -0.120. The van der Waals surface area contributed by atoms with Gasteiger partial charge in [0.1, 0.15) is 12.4 Å². The molecule has 0 spiro atoms. The number of hydrogen-bond donors (Lipinski definition) is 1. The summed E-state index contributed by atoms with van der Waals surface area (Å²) < 4.78 is 58.3. The number of rotatable bonds is 3. The molecule has 0 aliphatic carbocycles. The Morgan fingerprint density at radius 1 is 1.28 bits per heavy atom. The van der Waals surface area contributed by atoms with E-state index in [1.165, 1.54) is 12.1 Å². The second kappa shape index (κ2) is 7.12. The van der Waals surface area contributed by atoms with Crippen LogP contribution in [0.1, 0.15) is 25.3 Å². The Morgan fingerprint density at radius 3 is 2.64 bits per heavy atom. The monoisotopic (exact) mass is 356 g/mol. The van der Waals surface area contributed by atoms with Gasteiger partial charge in [-0.05, 0) is 31.9 Å². The molecule has 25 heavy (non-hydrogen) atoms. The van der Waals surface area contributed by atoms with Gasteiger partial charge >= 0.3 is 6.18 Å². The lowest BCUT2D eigenvalue weighted by Crippen LogP contribution is -2.39. The van der Waals surface area contributed by atoms with Gasteiger partial charge in [-0.25, -0.2) is 4.39 Å². The number of halogens is 4. The molecule has 2 aliphatic heterocycles. The van der Waals surface area contributed by atoms with Crippen molar-refractivity contribution in [1.29, 1.82) is 0 Å². The highest BCUT2D eigenvalue weighted by molar-refractivity contribution is 5.72. The fourth-order valence-corrected chi connectivity index (χ4v) is 3.44. The van der Waals surface area contributed by atoms with Crippen LogP contribution in [0.4, 0.5) is 28.9 Å². The second-order valence-corrected chi connectivity index (χ2v) is 6.34. The van der Waals surface area contributed by atoms with Crippen LogP contribution >= 0.6 is 0 Å². The maximum Gasteiger partial charge on any atom is 0.405 e. The van der Waals surface area contributed by atoms with E-state index in [-0.39, 0.29) is 11.7 Å². The topological polar surface area (TPSA) is 24.5 Å². The summed E-state index contributed by atoms with van der Waals surface area (Å²) in [4.78, 5) is 1.16. The van der Waals surface area contributed by atoms with Crippen LogP contribution in [0, 0.1) is 17.7 Å². The number of fused-ring (bicyclic) bond motifs is 1. The predicted molar refractivity (Wildman–Crippen MR) is 88.2 cm³/mol. The Hall–Kier alpha value is -1.94. The van der Waals surface area contributed by atoms with Gasteiger partial charge in [-0.1, -0.05) is 5.92 Å². The molecule has 1 aromatic carbocycles. The number of benzene rings is 1. The first-order valence-corrected chi connectivity index (χ1v) is 8.30. The minimum atomic E-state index is -4.38. The lowest BCUT2D eigenvalue weighted by Gasteiger charge is -2.26. The molecule has 1 unspecified atom stereocenters. The summed E-state index contributed by atoms with van der Waals surface area (Å²) in [5, 5.41) is 3.29. The van der Waals surface area contributed by atoms with Crippen molar-refractivity contribution in [3.05, 3.63) is 23.5 Å². The molecule has 1 aromatic rings. The Kier molecular flexibility index (Phi) is 5.09. The molecule has 1 N–H and O–H groups in total. The third-order valence-corrected chi connectivity index (χ3v) is 4.52. The molecule has 0 bridgehead atoms. The standard InChI is InChI=1S/C18H20F4N2O/c1-2-3-14-10-15-16(23-13-4-6-25-7-5-13)8-12(19)9-17(15)24(14)11-18(20,21)22/h8-9,13-14,23H,4-7,10-11H2,1H3. The van der Waals surface area contributed by atoms with Crippen LogP contribution in [0.5, 0.6) is 0 Å². The molecule has 3 nitrogen and oxygen atoms in total. The van der Waals surface area contributed by atoms with Crippen LogP contribution in [0.25, 0.3) is 0 Å². The van der Waals surface area contributed by atoms with E-state index < -0.39 is 24.6 Å². The molecule has 1 saturated heterocycles. The maximum atomic E-state index is 14.1. The van der Waals surface area contributed by atoms with E-state index in [2.05, 4.69) is 17.2 Å². The van der Waals surface area contributed by atoms with E-state index in [9.17, 15) is 17.6 Å². The van der Waals surface area contributed by atoms with Gasteiger partial charge in [0.25, 0.3) is 0 Å². The van der Waals surface area contributed by atoms with Gasteiger partial charge in [0.2, 0.25) is 0 Å². The zero-order valence-electron chi connectivity index (χ0n) is 13.9.